The summed E-state index contributed by atoms with van der Waals surface area (Å²) in [5.41, 5.74) is 2.37. The summed E-state index contributed by atoms with van der Waals surface area (Å²) in [6.45, 7) is 1.40. The highest BCUT2D eigenvalue weighted by atomic mass is 35.5. The highest BCUT2D eigenvalue weighted by Gasteiger charge is 2.31. The quantitative estimate of drug-likeness (QED) is 0.838. The Morgan fingerprint density at radius 1 is 1.30 bits per heavy atom. The Balaban J connectivity index is 1.93. The highest BCUT2D eigenvalue weighted by molar-refractivity contribution is 7.92. The molecule has 1 aliphatic rings. The Morgan fingerprint density at radius 3 is 2.67 bits per heavy atom. The molecule has 0 aromatic heterocycles. The van der Waals surface area contributed by atoms with Gasteiger partial charge in [0.25, 0.3) is 0 Å². The number of carbonyl (C=O) groups is 1. The third-order valence-electron chi connectivity index (χ3n) is 4.06. The van der Waals surface area contributed by atoms with Gasteiger partial charge in [0.05, 0.1) is 23.0 Å². The summed E-state index contributed by atoms with van der Waals surface area (Å²) < 4.78 is 38.7. The molecule has 0 saturated carbocycles. The lowest BCUT2D eigenvalue weighted by atomic mass is 9.98. The SMILES string of the molecule is CC(=O)N1N=C(c2cccc(NS(C)(=O)=O)c2)C[C@H]1c1ccc(F)c(Cl)c1. The Morgan fingerprint density at radius 2 is 2.04 bits per heavy atom. The van der Waals surface area contributed by atoms with Crippen molar-refractivity contribution in [2.45, 2.75) is 19.4 Å². The van der Waals surface area contributed by atoms with E-state index >= 15 is 0 Å². The van der Waals surface area contributed by atoms with Crippen LogP contribution < -0.4 is 4.72 Å². The molecule has 1 atom stereocenters. The van der Waals surface area contributed by atoms with Crippen LogP contribution in [0, 0.1) is 5.82 Å². The Kier molecular flexibility index (Phi) is 5.21. The zero-order valence-corrected chi connectivity index (χ0v) is 16.2. The van der Waals surface area contributed by atoms with Crippen molar-refractivity contribution in [2.75, 3.05) is 11.0 Å². The summed E-state index contributed by atoms with van der Waals surface area (Å²) in [5.74, 6) is -0.797. The molecule has 9 heteroatoms. The fourth-order valence-corrected chi connectivity index (χ4v) is 3.67. The number of nitrogens with zero attached hydrogens (tertiary/aromatic N) is 2. The molecule has 0 fully saturated rings. The number of hydrogen-bond acceptors (Lipinski definition) is 4. The van der Waals surface area contributed by atoms with Gasteiger partial charge in [0.15, 0.2) is 0 Å². The standard InChI is InChI=1S/C18H17ClFN3O3S/c1-11(24)23-18(13-6-7-16(20)15(19)9-13)10-17(21-23)12-4-3-5-14(8-12)22-27(2,25)26/h3-9,18,22H,10H2,1-2H3/t18-/m0/s1. The maximum atomic E-state index is 13.5. The number of rotatable bonds is 4. The maximum Gasteiger partial charge on any atom is 0.240 e. The lowest BCUT2D eigenvalue weighted by Crippen LogP contribution is -2.24. The van der Waals surface area contributed by atoms with Crippen LogP contribution in [0.3, 0.4) is 0 Å². The van der Waals surface area contributed by atoms with Gasteiger partial charge in [-0.1, -0.05) is 29.8 Å². The van der Waals surface area contributed by atoms with E-state index in [-0.39, 0.29) is 10.9 Å². The van der Waals surface area contributed by atoms with E-state index in [2.05, 4.69) is 9.82 Å². The Labute approximate surface area is 161 Å². The van der Waals surface area contributed by atoms with Crippen LogP contribution in [0.1, 0.15) is 30.5 Å². The predicted octanol–water partition coefficient (Wildman–Crippen LogP) is 3.55. The van der Waals surface area contributed by atoms with Gasteiger partial charge in [0.2, 0.25) is 15.9 Å². The van der Waals surface area contributed by atoms with E-state index in [0.29, 0.717) is 28.9 Å². The van der Waals surface area contributed by atoms with E-state index in [0.717, 1.165) is 6.26 Å². The van der Waals surface area contributed by atoms with Crippen molar-refractivity contribution in [1.29, 1.82) is 0 Å². The van der Waals surface area contributed by atoms with Gasteiger partial charge in [-0.2, -0.15) is 5.10 Å². The van der Waals surface area contributed by atoms with Gasteiger partial charge < -0.3 is 0 Å². The molecular weight excluding hydrogens is 393 g/mol. The van der Waals surface area contributed by atoms with Crippen LogP contribution in [-0.4, -0.2) is 31.3 Å². The molecule has 27 heavy (non-hydrogen) atoms. The van der Waals surface area contributed by atoms with Gasteiger partial charge in [0.1, 0.15) is 5.82 Å². The summed E-state index contributed by atoms with van der Waals surface area (Å²) in [5, 5.41) is 5.70. The van der Waals surface area contributed by atoms with Crippen LogP contribution in [-0.2, 0) is 14.8 Å². The topological polar surface area (TPSA) is 78.8 Å². The molecule has 0 radical (unpaired) electrons. The second kappa shape index (κ2) is 7.28. The molecule has 1 N–H and O–H groups in total. The molecule has 2 aromatic rings. The van der Waals surface area contributed by atoms with Crippen molar-refractivity contribution in [3.05, 3.63) is 64.4 Å². The van der Waals surface area contributed by atoms with E-state index in [1.807, 2.05) is 0 Å². The molecule has 1 heterocycles. The minimum absolute atomic E-state index is 0.0243. The van der Waals surface area contributed by atoms with Crippen molar-refractivity contribution >= 4 is 38.9 Å². The third-order valence-corrected chi connectivity index (χ3v) is 4.96. The van der Waals surface area contributed by atoms with Gasteiger partial charge in [-0.05, 0) is 35.4 Å². The second-order valence-corrected chi connectivity index (χ2v) is 8.41. The minimum atomic E-state index is -3.41. The fraction of sp³-hybridized carbons (Fsp3) is 0.222. The summed E-state index contributed by atoms with van der Waals surface area (Å²) in [6, 6.07) is 10.7. The lowest BCUT2D eigenvalue weighted by Gasteiger charge is -2.20. The Hall–Kier alpha value is -2.45. The number of carbonyl (C=O) groups excluding carboxylic acids is 1. The lowest BCUT2D eigenvalue weighted by molar-refractivity contribution is -0.130. The molecule has 1 amide bonds. The van der Waals surface area contributed by atoms with E-state index < -0.39 is 21.9 Å². The first kappa shape index (κ1) is 19.3. The van der Waals surface area contributed by atoms with Crippen molar-refractivity contribution in [3.63, 3.8) is 0 Å². The van der Waals surface area contributed by atoms with Gasteiger partial charge in [-0.3, -0.25) is 9.52 Å². The largest absolute Gasteiger partial charge is 0.284 e. The second-order valence-electron chi connectivity index (χ2n) is 6.26. The first-order chi connectivity index (χ1) is 12.6. The van der Waals surface area contributed by atoms with Gasteiger partial charge in [0, 0.05) is 19.0 Å². The van der Waals surface area contributed by atoms with Crippen molar-refractivity contribution < 1.29 is 17.6 Å². The molecule has 3 rings (SSSR count). The molecule has 0 unspecified atom stereocenters. The van der Waals surface area contributed by atoms with E-state index in [1.54, 1.807) is 30.3 Å². The van der Waals surface area contributed by atoms with Crippen LogP contribution >= 0.6 is 11.6 Å². The zero-order chi connectivity index (χ0) is 19.8. The number of halogens is 2. The zero-order valence-electron chi connectivity index (χ0n) is 14.6. The number of sulfonamides is 1. The Bertz CT molecular complexity index is 1040. The number of amides is 1. The van der Waals surface area contributed by atoms with Crippen LogP contribution in [0.4, 0.5) is 10.1 Å². The molecule has 0 bridgehead atoms. The summed E-state index contributed by atoms with van der Waals surface area (Å²) in [4.78, 5) is 12.0. The van der Waals surface area contributed by atoms with Crippen LogP contribution in [0.5, 0.6) is 0 Å². The summed E-state index contributed by atoms with van der Waals surface area (Å²) >= 11 is 5.87. The monoisotopic (exact) mass is 409 g/mol. The minimum Gasteiger partial charge on any atom is -0.284 e. The van der Waals surface area contributed by atoms with Gasteiger partial charge >= 0.3 is 0 Å². The third kappa shape index (κ3) is 4.45. The fourth-order valence-electron chi connectivity index (χ4n) is 2.93. The molecule has 2 aromatic carbocycles. The summed E-state index contributed by atoms with van der Waals surface area (Å²) in [6.07, 6.45) is 1.46. The van der Waals surface area contributed by atoms with Crippen LogP contribution in [0.2, 0.25) is 5.02 Å². The smallest absolute Gasteiger partial charge is 0.240 e. The molecular formula is C18H17ClFN3O3S. The highest BCUT2D eigenvalue weighted by Crippen LogP contribution is 2.34. The number of anilines is 1. The van der Waals surface area contributed by atoms with Crippen LogP contribution in [0.15, 0.2) is 47.6 Å². The van der Waals surface area contributed by atoms with E-state index in [1.165, 1.54) is 24.1 Å². The molecule has 0 aliphatic carbocycles. The van der Waals surface area contributed by atoms with E-state index in [4.69, 9.17) is 11.6 Å². The first-order valence-corrected chi connectivity index (χ1v) is 10.3. The number of hydrogen-bond donors (Lipinski definition) is 1. The number of nitrogens with one attached hydrogen (secondary N) is 1. The summed E-state index contributed by atoms with van der Waals surface area (Å²) in [7, 11) is -3.41. The van der Waals surface area contributed by atoms with Crippen LogP contribution in [0.25, 0.3) is 0 Å². The predicted molar refractivity (Wildman–Crippen MR) is 103 cm³/mol. The molecule has 142 valence electrons. The number of benzene rings is 2. The average Bonchev–Trinajstić information content (AvgIpc) is 3.02. The van der Waals surface area contributed by atoms with Crippen molar-refractivity contribution in [3.8, 4) is 0 Å². The van der Waals surface area contributed by atoms with Gasteiger partial charge in [-0.15, -0.1) is 0 Å². The van der Waals surface area contributed by atoms with Crippen molar-refractivity contribution in [2.24, 2.45) is 5.10 Å². The molecule has 0 saturated heterocycles. The molecule has 6 nitrogen and oxygen atoms in total. The van der Waals surface area contributed by atoms with Crippen molar-refractivity contribution in [1.82, 2.24) is 5.01 Å². The molecule has 1 aliphatic heterocycles. The first-order valence-electron chi connectivity index (χ1n) is 8.04. The molecule has 0 spiro atoms. The average molecular weight is 410 g/mol. The van der Waals surface area contributed by atoms with E-state index in [9.17, 15) is 17.6 Å². The normalized spacial score (nSPS) is 17.0. The maximum absolute atomic E-state index is 13.5. The van der Waals surface area contributed by atoms with Gasteiger partial charge in [-0.25, -0.2) is 17.8 Å². The number of hydrazone groups is 1.